The van der Waals surface area contributed by atoms with Crippen LogP contribution in [0.4, 0.5) is 19.7 Å². The lowest BCUT2D eigenvalue weighted by atomic mass is 9.85. The topological polar surface area (TPSA) is 141 Å². The summed E-state index contributed by atoms with van der Waals surface area (Å²) in [5, 5.41) is 15.9. The first-order chi connectivity index (χ1) is 20.6. The summed E-state index contributed by atoms with van der Waals surface area (Å²) >= 11 is 1.43. The molecule has 3 amide bonds. The van der Waals surface area contributed by atoms with Crippen molar-refractivity contribution in [3.05, 3.63) is 65.0 Å². The third-order valence-corrected chi connectivity index (χ3v) is 10.3. The molecular weight excluding hydrogens is 606 g/mol. The standard InChI is InChI=1S/C31H40FN5O5S2/c1-19(2)37(30(39)40)24-12-9-21(10-13-24)28-33-18-26(43-28)25-14-11-23(16-27(25)44(41,42)36-31(3,4)5)35-29(38)34-17-20-7-6-8-22(32)15-20/h6-8,11,14-16,18-19,21,24,36H,9-10,12-13,17H2,1-5H3,(H,39,40)(H2,34,35,38). The molecule has 1 fully saturated rings. The number of urea groups is 1. The normalized spacial score (nSPS) is 17.3. The average molecular weight is 646 g/mol. The van der Waals surface area contributed by atoms with Crippen LogP contribution in [0.15, 0.2) is 53.6 Å². The van der Waals surface area contributed by atoms with Crippen molar-refractivity contribution >= 4 is 39.2 Å². The van der Waals surface area contributed by atoms with Gasteiger partial charge in [0.15, 0.2) is 0 Å². The number of amides is 3. The van der Waals surface area contributed by atoms with Crippen LogP contribution in [0.2, 0.25) is 0 Å². The van der Waals surface area contributed by atoms with Crippen molar-refractivity contribution in [1.82, 2.24) is 19.9 Å². The van der Waals surface area contributed by atoms with E-state index in [0.29, 0.717) is 16.0 Å². The fourth-order valence-corrected chi connectivity index (χ4v) is 8.35. The average Bonchev–Trinajstić information content (AvgIpc) is 3.41. The highest BCUT2D eigenvalue weighted by Gasteiger charge is 2.32. The Morgan fingerprint density at radius 2 is 1.82 bits per heavy atom. The summed E-state index contributed by atoms with van der Waals surface area (Å²) in [7, 11) is -4.01. The van der Waals surface area contributed by atoms with E-state index in [2.05, 4.69) is 20.3 Å². The summed E-state index contributed by atoms with van der Waals surface area (Å²) in [6.07, 6.45) is 3.83. The number of thiazole rings is 1. The van der Waals surface area contributed by atoms with Gasteiger partial charge in [-0.3, -0.25) is 0 Å². The maximum absolute atomic E-state index is 13.6. The number of carbonyl (C=O) groups is 2. The number of carbonyl (C=O) groups excluding carboxylic acids is 1. The number of hydrogen-bond donors (Lipinski definition) is 4. The molecule has 3 aromatic rings. The van der Waals surface area contributed by atoms with Gasteiger partial charge in [-0.2, -0.15) is 0 Å². The van der Waals surface area contributed by atoms with E-state index >= 15 is 0 Å². The largest absolute Gasteiger partial charge is 0.465 e. The Bertz CT molecular complexity index is 1590. The maximum atomic E-state index is 13.6. The first-order valence-electron chi connectivity index (χ1n) is 14.6. The van der Waals surface area contributed by atoms with E-state index in [1.807, 2.05) is 13.8 Å². The molecular formula is C31H40FN5O5S2. The summed E-state index contributed by atoms with van der Waals surface area (Å²) in [4.78, 5) is 31.2. The van der Waals surface area contributed by atoms with Crippen LogP contribution in [0.25, 0.3) is 10.4 Å². The fraction of sp³-hybridized carbons (Fsp3) is 0.452. The molecule has 13 heteroatoms. The van der Waals surface area contributed by atoms with E-state index in [9.17, 15) is 27.5 Å². The number of carboxylic acid groups (broad SMARTS) is 1. The number of nitrogens with zero attached hydrogens (tertiary/aromatic N) is 2. The quantitative estimate of drug-likeness (QED) is 0.203. The number of nitrogens with one attached hydrogen (secondary N) is 3. The molecule has 4 rings (SSSR count). The molecule has 0 unspecified atom stereocenters. The first-order valence-corrected chi connectivity index (χ1v) is 16.9. The van der Waals surface area contributed by atoms with Crippen molar-refractivity contribution in [2.45, 2.75) is 95.3 Å². The Labute approximate surface area is 262 Å². The molecule has 10 nitrogen and oxygen atoms in total. The summed E-state index contributed by atoms with van der Waals surface area (Å²) in [5.41, 5.74) is 0.568. The highest BCUT2D eigenvalue weighted by Crippen LogP contribution is 2.41. The fourth-order valence-electron chi connectivity index (χ4n) is 5.49. The van der Waals surface area contributed by atoms with Gasteiger partial charge in [0.05, 0.1) is 14.8 Å². The molecule has 0 radical (unpaired) electrons. The number of rotatable bonds is 9. The number of benzene rings is 2. The predicted octanol–water partition coefficient (Wildman–Crippen LogP) is 6.76. The summed E-state index contributed by atoms with van der Waals surface area (Å²) in [6.45, 7) is 9.10. The zero-order chi connectivity index (χ0) is 32.2. The van der Waals surface area contributed by atoms with Gasteiger partial charge in [0.1, 0.15) is 5.82 Å². The molecule has 1 aromatic heterocycles. The Morgan fingerprint density at radius 1 is 1.11 bits per heavy atom. The van der Waals surface area contributed by atoms with Crippen molar-refractivity contribution in [3.63, 3.8) is 0 Å². The minimum Gasteiger partial charge on any atom is -0.465 e. The molecule has 1 aliphatic rings. The van der Waals surface area contributed by atoms with Crippen molar-refractivity contribution in [2.75, 3.05) is 5.32 Å². The van der Waals surface area contributed by atoms with Gasteiger partial charge in [-0.1, -0.05) is 18.2 Å². The lowest BCUT2D eigenvalue weighted by molar-refractivity contribution is 0.0906. The number of hydrogen-bond acceptors (Lipinski definition) is 6. The van der Waals surface area contributed by atoms with Gasteiger partial charge >= 0.3 is 12.1 Å². The molecule has 0 atom stereocenters. The third-order valence-electron chi connectivity index (χ3n) is 7.32. The second-order valence-electron chi connectivity index (χ2n) is 12.4. The lowest BCUT2D eigenvalue weighted by Crippen LogP contribution is -2.45. The monoisotopic (exact) mass is 645 g/mol. The second kappa shape index (κ2) is 13.6. The molecule has 44 heavy (non-hydrogen) atoms. The van der Waals surface area contributed by atoms with Crippen molar-refractivity contribution < 1.29 is 27.5 Å². The lowest BCUT2D eigenvalue weighted by Gasteiger charge is -2.37. The van der Waals surface area contributed by atoms with Gasteiger partial charge in [-0.05, 0) is 90.1 Å². The number of sulfonamides is 1. The Kier molecular flexibility index (Phi) is 10.3. The van der Waals surface area contributed by atoms with Crippen molar-refractivity contribution in [1.29, 1.82) is 0 Å². The van der Waals surface area contributed by atoms with E-state index in [-0.39, 0.29) is 35.1 Å². The summed E-state index contributed by atoms with van der Waals surface area (Å²) < 4.78 is 43.4. The van der Waals surface area contributed by atoms with Crippen LogP contribution in [0.1, 0.15) is 76.8 Å². The van der Waals surface area contributed by atoms with E-state index < -0.39 is 33.5 Å². The van der Waals surface area contributed by atoms with Crippen molar-refractivity contribution in [2.24, 2.45) is 0 Å². The summed E-state index contributed by atoms with van der Waals surface area (Å²) in [6, 6.07) is 9.89. The van der Waals surface area contributed by atoms with Gasteiger partial charge in [0.2, 0.25) is 10.0 Å². The maximum Gasteiger partial charge on any atom is 0.407 e. The molecule has 0 saturated heterocycles. The minimum atomic E-state index is -4.01. The molecule has 2 aromatic carbocycles. The van der Waals surface area contributed by atoms with Crippen LogP contribution in [0.3, 0.4) is 0 Å². The highest BCUT2D eigenvalue weighted by molar-refractivity contribution is 7.89. The number of aromatic nitrogens is 1. The van der Waals surface area contributed by atoms with Crippen LogP contribution >= 0.6 is 11.3 Å². The Morgan fingerprint density at radius 3 is 2.43 bits per heavy atom. The van der Waals surface area contributed by atoms with Gasteiger partial charge in [0, 0.05) is 47.5 Å². The molecule has 0 aliphatic heterocycles. The highest BCUT2D eigenvalue weighted by atomic mass is 32.2. The molecule has 4 N–H and O–H groups in total. The first kappa shape index (κ1) is 33.3. The number of anilines is 1. The van der Waals surface area contributed by atoms with E-state index in [0.717, 1.165) is 30.7 Å². The van der Waals surface area contributed by atoms with Crippen molar-refractivity contribution in [3.8, 4) is 10.4 Å². The molecule has 1 saturated carbocycles. The van der Waals surface area contributed by atoms with Crippen LogP contribution in [-0.4, -0.2) is 53.2 Å². The van der Waals surface area contributed by atoms with Crippen LogP contribution < -0.4 is 15.4 Å². The van der Waals surface area contributed by atoms with Crippen LogP contribution in [0.5, 0.6) is 0 Å². The molecule has 0 bridgehead atoms. The second-order valence-corrected chi connectivity index (χ2v) is 15.1. The van der Waals surface area contributed by atoms with Crippen LogP contribution in [0, 0.1) is 5.82 Å². The summed E-state index contributed by atoms with van der Waals surface area (Å²) in [5.74, 6) is -0.250. The Hall–Kier alpha value is -3.55. The van der Waals surface area contributed by atoms with E-state index in [1.54, 1.807) is 51.2 Å². The van der Waals surface area contributed by atoms with E-state index in [1.165, 1.54) is 34.4 Å². The Balaban J connectivity index is 1.55. The van der Waals surface area contributed by atoms with E-state index in [4.69, 9.17) is 0 Å². The molecule has 0 spiro atoms. The zero-order valence-corrected chi connectivity index (χ0v) is 27.2. The van der Waals surface area contributed by atoms with Gasteiger partial charge in [-0.25, -0.2) is 32.1 Å². The molecule has 1 heterocycles. The third kappa shape index (κ3) is 8.54. The van der Waals surface area contributed by atoms with Gasteiger partial charge < -0.3 is 20.6 Å². The number of halogens is 1. The van der Waals surface area contributed by atoms with Gasteiger partial charge in [0.25, 0.3) is 0 Å². The van der Waals surface area contributed by atoms with Gasteiger partial charge in [-0.15, -0.1) is 11.3 Å². The predicted molar refractivity (Wildman–Crippen MR) is 170 cm³/mol. The van der Waals surface area contributed by atoms with Crippen LogP contribution in [-0.2, 0) is 16.6 Å². The molecule has 1 aliphatic carbocycles. The SMILES string of the molecule is CC(C)N(C(=O)O)C1CCC(c2ncc(-c3ccc(NC(=O)NCc4cccc(F)c4)cc3S(=O)(=O)NC(C)(C)C)s2)CC1. The minimum absolute atomic E-state index is 0.00305. The smallest absolute Gasteiger partial charge is 0.407 e. The zero-order valence-electron chi connectivity index (χ0n) is 25.6. The molecule has 238 valence electrons.